The Bertz CT molecular complexity index is 339. The molecular formula is C9H7NO2. The molecule has 3 nitrogen and oxygen atoms in total. The molecule has 0 radical (unpaired) electrons. The molecule has 0 atom stereocenters. The maximum Gasteiger partial charge on any atom is 0.357 e. The van der Waals surface area contributed by atoms with Crippen molar-refractivity contribution >= 4 is 5.97 Å². The summed E-state index contributed by atoms with van der Waals surface area (Å²) in [6.07, 6.45) is 6.64. The van der Waals surface area contributed by atoms with Crippen molar-refractivity contribution in [2.45, 2.75) is 0 Å². The van der Waals surface area contributed by atoms with E-state index in [0.717, 1.165) is 0 Å². The Kier molecular flexibility index (Phi) is 2.44. The average molecular weight is 161 g/mol. The molecule has 1 aromatic heterocycles. The maximum absolute atomic E-state index is 11.0. The first-order valence-corrected chi connectivity index (χ1v) is 3.29. The molecule has 0 saturated carbocycles. The van der Waals surface area contributed by atoms with Crippen molar-refractivity contribution in [2.24, 2.45) is 0 Å². The Labute approximate surface area is 70.4 Å². The first kappa shape index (κ1) is 8.28. The quantitative estimate of drug-likeness (QED) is 0.452. The normalized spacial score (nSPS) is 8.67. The number of hydrogen-bond acceptors (Lipinski definition) is 3. The fraction of sp³-hybridized carbons (Fsp3) is 0.111. The Morgan fingerprint density at radius 1 is 1.75 bits per heavy atom. The predicted molar refractivity (Wildman–Crippen MR) is 43.5 cm³/mol. The summed E-state index contributed by atoms with van der Waals surface area (Å²) in [6.45, 7) is 0. The van der Waals surface area contributed by atoms with E-state index in [2.05, 4.69) is 15.6 Å². The van der Waals surface area contributed by atoms with Crippen molar-refractivity contribution in [1.82, 2.24) is 4.98 Å². The molecule has 12 heavy (non-hydrogen) atoms. The number of ether oxygens (including phenoxy) is 1. The lowest BCUT2D eigenvalue weighted by molar-refractivity contribution is 0.0593. The number of aromatic nitrogens is 1. The van der Waals surface area contributed by atoms with Crippen molar-refractivity contribution in [3.8, 4) is 12.3 Å². The van der Waals surface area contributed by atoms with Crippen molar-refractivity contribution < 1.29 is 9.53 Å². The zero-order valence-corrected chi connectivity index (χ0v) is 6.57. The van der Waals surface area contributed by atoms with E-state index in [1.165, 1.54) is 13.3 Å². The molecule has 60 valence electrons. The van der Waals surface area contributed by atoms with Gasteiger partial charge in [0.05, 0.1) is 12.7 Å². The van der Waals surface area contributed by atoms with Crippen molar-refractivity contribution in [3.05, 3.63) is 29.6 Å². The lowest BCUT2D eigenvalue weighted by atomic mass is 10.2. The van der Waals surface area contributed by atoms with E-state index in [1.807, 2.05) is 0 Å². The number of terminal acetylenes is 1. The molecule has 1 rings (SSSR count). The highest BCUT2D eigenvalue weighted by atomic mass is 16.5. The summed E-state index contributed by atoms with van der Waals surface area (Å²) >= 11 is 0. The molecule has 0 bridgehead atoms. The minimum absolute atomic E-state index is 0.183. The van der Waals surface area contributed by atoms with E-state index < -0.39 is 5.97 Å². The first-order valence-electron chi connectivity index (χ1n) is 3.29. The standard InChI is InChI=1S/C9H7NO2/c1-3-7-5-4-6-10-8(7)9(11)12-2/h1,4-6H,2H3. The number of carbonyl (C=O) groups excluding carboxylic acids is 1. The van der Waals surface area contributed by atoms with Crippen LogP contribution in [-0.2, 0) is 4.74 Å². The van der Waals surface area contributed by atoms with Crippen LogP contribution in [-0.4, -0.2) is 18.1 Å². The highest BCUT2D eigenvalue weighted by Crippen LogP contribution is 2.04. The summed E-state index contributed by atoms with van der Waals surface area (Å²) < 4.78 is 4.48. The largest absolute Gasteiger partial charge is 0.464 e. The molecule has 0 amide bonds. The van der Waals surface area contributed by atoms with Gasteiger partial charge in [-0.1, -0.05) is 5.92 Å². The third-order valence-corrected chi connectivity index (χ3v) is 1.34. The minimum Gasteiger partial charge on any atom is -0.464 e. The molecule has 0 spiro atoms. The van der Waals surface area contributed by atoms with E-state index in [4.69, 9.17) is 6.42 Å². The van der Waals surface area contributed by atoms with E-state index in [9.17, 15) is 4.79 Å². The summed E-state index contributed by atoms with van der Waals surface area (Å²) in [6, 6.07) is 3.31. The smallest absolute Gasteiger partial charge is 0.357 e. The second-order valence-corrected chi connectivity index (χ2v) is 2.04. The van der Waals surface area contributed by atoms with Gasteiger partial charge >= 0.3 is 5.97 Å². The molecule has 1 heterocycles. The van der Waals surface area contributed by atoms with Gasteiger partial charge < -0.3 is 4.74 Å². The van der Waals surface area contributed by atoms with Crippen LogP contribution in [0.1, 0.15) is 16.1 Å². The number of nitrogens with zero attached hydrogens (tertiary/aromatic N) is 1. The van der Waals surface area contributed by atoms with Gasteiger partial charge in [-0.3, -0.25) is 0 Å². The molecule has 0 aliphatic heterocycles. The fourth-order valence-electron chi connectivity index (χ4n) is 0.781. The molecule has 0 saturated heterocycles. The second-order valence-electron chi connectivity index (χ2n) is 2.04. The minimum atomic E-state index is -0.511. The lowest BCUT2D eigenvalue weighted by Gasteiger charge is -1.99. The van der Waals surface area contributed by atoms with Gasteiger partial charge in [0.15, 0.2) is 5.69 Å². The molecule has 0 aliphatic carbocycles. The summed E-state index contributed by atoms with van der Waals surface area (Å²) in [5.41, 5.74) is 0.631. The number of rotatable bonds is 1. The molecule has 0 fully saturated rings. The van der Waals surface area contributed by atoms with Crippen molar-refractivity contribution in [2.75, 3.05) is 7.11 Å². The van der Waals surface area contributed by atoms with Gasteiger partial charge in [-0.05, 0) is 12.1 Å². The SMILES string of the molecule is C#Cc1cccnc1C(=O)OC. The highest BCUT2D eigenvalue weighted by molar-refractivity contribution is 5.89. The fourth-order valence-corrected chi connectivity index (χ4v) is 0.781. The molecule has 0 N–H and O–H groups in total. The number of hydrogen-bond donors (Lipinski definition) is 0. The number of carbonyl (C=O) groups is 1. The molecule has 1 aromatic rings. The van der Waals surface area contributed by atoms with Crippen LogP contribution in [0.5, 0.6) is 0 Å². The zero-order valence-electron chi connectivity index (χ0n) is 6.57. The molecule has 3 heteroatoms. The van der Waals surface area contributed by atoms with Gasteiger partial charge in [-0.15, -0.1) is 6.42 Å². The average Bonchev–Trinajstić information content (AvgIpc) is 2.16. The molecular weight excluding hydrogens is 154 g/mol. The first-order chi connectivity index (χ1) is 5.79. The molecule has 0 aliphatic rings. The number of esters is 1. The summed E-state index contributed by atoms with van der Waals surface area (Å²) in [5, 5.41) is 0. The van der Waals surface area contributed by atoms with E-state index in [0.29, 0.717) is 5.56 Å². The van der Waals surface area contributed by atoms with Crippen molar-refractivity contribution in [1.29, 1.82) is 0 Å². The Balaban J connectivity index is 3.16. The van der Waals surface area contributed by atoms with Crippen LogP contribution in [0, 0.1) is 12.3 Å². The van der Waals surface area contributed by atoms with Crippen LogP contribution in [0.3, 0.4) is 0 Å². The topological polar surface area (TPSA) is 39.2 Å². The van der Waals surface area contributed by atoms with E-state index in [-0.39, 0.29) is 5.69 Å². The van der Waals surface area contributed by atoms with Crippen LogP contribution in [0.15, 0.2) is 18.3 Å². The summed E-state index contributed by atoms with van der Waals surface area (Å²) in [5.74, 6) is 1.84. The second kappa shape index (κ2) is 3.54. The number of pyridine rings is 1. The van der Waals surface area contributed by atoms with Gasteiger partial charge in [0.25, 0.3) is 0 Å². The van der Waals surface area contributed by atoms with Gasteiger partial charge in [0, 0.05) is 6.20 Å². The lowest BCUT2D eigenvalue weighted by Crippen LogP contribution is -2.06. The van der Waals surface area contributed by atoms with Crippen LogP contribution in [0.25, 0.3) is 0 Å². The van der Waals surface area contributed by atoms with E-state index in [1.54, 1.807) is 12.1 Å². The van der Waals surface area contributed by atoms with E-state index >= 15 is 0 Å². The Morgan fingerprint density at radius 2 is 2.50 bits per heavy atom. The van der Waals surface area contributed by atoms with Crippen LogP contribution in [0.4, 0.5) is 0 Å². The third-order valence-electron chi connectivity index (χ3n) is 1.34. The monoisotopic (exact) mass is 161 g/mol. The maximum atomic E-state index is 11.0. The highest BCUT2D eigenvalue weighted by Gasteiger charge is 2.10. The van der Waals surface area contributed by atoms with Gasteiger partial charge in [0.2, 0.25) is 0 Å². The van der Waals surface area contributed by atoms with Gasteiger partial charge in [-0.25, -0.2) is 9.78 Å². The predicted octanol–water partition coefficient (Wildman–Crippen LogP) is 0.850. The van der Waals surface area contributed by atoms with Gasteiger partial charge in [-0.2, -0.15) is 0 Å². The number of methoxy groups -OCH3 is 1. The Morgan fingerprint density at radius 3 is 3.08 bits per heavy atom. The zero-order chi connectivity index (χ0) is 8.97. The summed E-state index contributed by atoms with van der Waals surface area (Å²) in [7, 11) is 1.29. The van der Waals surface area contributed by atoms with Crippen molar-refractivity contribution in [3.63, 3.8) is 0 Å². The summed E-state index contributed by atoms with van der Waals surface area (Å²) in [4.78, 5) is 14.8. The van der Waals surface area contributed by atoms with Crippen LogP contribution in [0.2, 0.25) is 0 Å². The molecule has 0 unspecified atom stereocenters. The molecule has 0 aromatic carbocycles. The van der Waals surface area contributed by atoms with Crippen LogP contribution >= 0.6 is 0 Å². The third kappa shape index (κ3) is 1.43. The van der Waals surface area contributed by atoms with Gasteiger partial charge in [0.1, 0.15) is 0 Å². The Hall–Kier alpha value is -1.82. The van der Waals surface area contributed by atoms with Crippen LogP contribution < -0.4 is 0 Å².